The molecule has 0 amide bonds. The number of phenolic OH excluding ortho intramolecular Hbond substituents is 1. The van der Waals surface area contributed by atoms with Crippen LogP contribution in [0.4, 0.5) is 0 Å². The second-order valence-electron chi connectivity index (χ2n) is 5.80. The van der Waals surface area contributed by atoms with Crippen LogP contribution in [0.3, 0.4) is 0 Å². The molecular weight excluding hydrogens is 300 g/mol. The molecule has 2 aliphatic carbocycles. The zero-order chi connectivity index (χ0) is 16.7. The number of hydrogen-bond donors (Lipinski definition) is 1. The van der Waals surface area contributed by atoms with E-state index in [1.165, 1.54) is 25.3 Å². The number of Topliss-reactive ketones (excluding diaryl/α,β-unsaturated/α-hetero) is 3. The van der Waals surface area contributed by atoms with Gasteiger partial charge in [0.05, 0.1) is 23.5 Å². The van der Waals surface area contributed by atoms with E-state index in [9.17, 15) is 19.5 Å². The molecule has 0 aromatic heterocycles. The average Bonchev–Trinajstić information content (AvgIpc) is 2.52. The molecule has 122 valence electrons. The summed E-state index contributed by atoms with van der Waals surface area (Å²) in [6.45, 7) is 2.09. The van der Waals surface area contributed by atoms with Crippen LogP contribution in [-0.4, -0.2) is 48.4 Å². The van der Waals surface area contributed by atoms with Crippen molar-refractivity contribution in [1.29, 1.82) is 0 Å². The SMILES string of the molecule is CCO[C@@H]1CC(=O)[C@H](OC)[C@@H]2C(=O)c3cccc(O)c3C(=O)[C@@H]21. The number of carbonyl (C=O) groups excluding carboxylic acids is 3. The van der Waals surface area contributed by atoms with Crippen LogP contribution >= 0.6 is 0 Å². The highest BCUT2D eigenvalue weighted by Crippen LogP contribution is 2.43. The third-order valence-electron chi connectivity index (χ3n) is 4.63. The molecule has 4 atom stereocenters. The molecule has 0 spiro atoms. The van der Waals surface area contributed by atoms with Crippen molar-refractivity contribution < 1.29 is 29.0 Å². The molecular formula is C17H18O6. The molecule has 1 saturated carbocycles. The van der Waals surface area contributed by atoms with E-state index in [1.54, 1.807) is 6.92 Å². The molecule has 6 heteroatoms. The lowest BCUT2D eigenvalue weighted by molar-refractivity contribution is -0.144. The van der Waals surface area contributed by atoms with E-state index in [-0.39, 0.29) is 40.6 Å². The number of benzene rings is 1. The van der Waals surface area contributed by atoms with E-state index in [4.69, 9.17) is 9.47 Å². The standard InChI is InChI=1S/C17H18O6/c1-3-23-11-7-10(19)17(22-2)14-13(11)16(21)12-8(15(14)20)5-4-6-9(12)18/h4-6,11,13-14,17-18H,3,7H2,1-2H3/t11-,13-,14+,17+/m1/s1. The van der Waals surface area contributed by atoms with Crippen LogP contribution < -0.4 is 0 Å². The molecule has 0 aliphatic heterocycles. The lowest BCUT2D eigenvalue weighted by Crippen LogP contribution is -2.56. The van der Waals surface area contributed by atoms with E-state index >= 15 is 0 Å². The molecule has 6 nitrogen and oxygen atoms in total. The maximum absolute atomic E-state index is 12.9. The summed E-state index contributed by atoms with van der Waals surface area (Å²) < 4.78 is 10.8. The van der Waals surface area contributed by atoms with Gasteiger partial charge in [-0.25, -0.2) is 0 Å². The number of hydrogen-bond acceptors (Lipinski definition) is 6. The van der Waals surface area contributed by atoms with Crippen molar-refractivity contribution in [2.24, 2.45) is 11.8 Å². The lowest BCUT2D eigenvalue weighted by Gasteiger charge is -2.42. The fourth-order valence-electron chi connectivity index (χ4n) is 3.70. The van der Waals surface area contributed by atoms with Gasteiger partial charge in [-0.2, -0.15) is 0 Å². The molecule has 1 N–H and O–H groups in total. The van der Waals surface area contributed by atoms with E-state index in [1.807, 2.05) is 0 Å². The Kier molecular flexibility index (Phi) is 4.04. The highest BCUT2D eigenvalue weighted by atomic mass is 16.5. The number of aromatic hydroxyl groups is 1. The van der Waals surface area contributed by atoms with Gasteiger partial charge in [-0.15, -0.1) is 0 Å². The summed E-state index contributed by atoms with van der Waals surface area (Å²) in [4.78, 5) is 38.1. The first-order valence-electron chi connectivity index (χ1n) is 7.58. The molecule has 1 aromatic rings. The van der Waals surface area contributed by atoms with Gasteiger partial charge in [-0.1, -0.05) is 12.1 Å². The normalized spacial score (nSPS) is 30.1. The van der Waals surface area contributed by atoms with Crippen molar-refractivity contribution in [2.45, 2.75) is 25.6 Å². The van der Waals surface area contributed by atoms with E-state index in [0.29, 0.717) is 6.61 Å². The fraction of sp³-hybridized carbons (Fsp3) is 0.471. The second-order valence-corrected chi connectivity index (χ2v) is 5.80. The Morgan fingerprint density at radius 3 is 2.57 bits per heavy atom. The molecule has 0 heterocycles. The van der Waals surface area contributed by atoms with Crippen molar-refractivity contribution in [1.82, 2.24) is 0 Å². The van der Waals surface area contributed by atoms with Gasteiger partial charge >= 0.3 is 0 Å². The van der Waals surface area contributed by atoms with Gasteiger partial charge < -0.3 is 14.6 Å². The van der Waals surface area contributed by atoms with Gasteiger partial charge in [-0.3, -0.25) is 14.4 Å². The predicted octanol–water partition coefficient (Wildman–Crippen LogP) is 1.40. The first kappa shape index (κ1) is 15.8. The maximum Gasteiger partial charge on any atom is 0.173 e. The molecule has 1 fully saturated rings. The summed E-state index contributed by atoms with van der Waals surface area (Å²) in [5, 5.41) is 10.0. The molecule has 23 heavy (non-hydrogen) atoms. The summed E-state index contributed by atoms with van der Waals surface area (Å²) in [5.74, 6) is -2.90. The number of rotatable bonds is 3. The third kappa shape index (κ3) is 2.29. The minimum Gasteiger partial charge on any atom is -0.507 e. The highest BCUT2D eigenvalue weighted by molar-refractivity contribution is 6.19. The Bertz CT molecular complexity index is 680. The van der Waals surface area contributed by atoms with Crippen molar-refractivity contribution in [2.75, 3.05) is 13.7 Å². The van der Waals surface area contributed by atoms with Crippen molar-refractivity contribution >= 4 is 17.3 Å². The average molecular weight is 318 g/mol. The van der Waals surface area contributed by atoms with Crippen LogP contribution in [0.15, 0.2) is 18.2 Å². The molecule has 1 aromatic carbocycles. The number of fused-ring (bicyclic) bond motifs is 2. The van der Waals surface area contributed by atoms with E-state index in [0.717, 1.165) is 0 Å². The molecule has 3 rings (SSSR count). The molecule has 0 saturated heterocycles. The Morgan fingerprint density at radius 1 is 1.17 bits per heavy atom. The molecule has 0 unspecified atom stereocenters. The van der Waals surface area contributed by atoms with E-state index < -0.39 is 24.0 Å². The predicted molar refractivity (Wildman–Crippen MR) is 79.6 cm³/mol. The van der Waals surface area contributed by atoms with Crippen molar-refractivity contribution in [3.8, 4) is 5.75 Å². The van der Waals surface area contributed by atoms with Crippen LogP contribution in [0, 0.1) is 11.8 Å². The highest BCUT2D eigenvalue weighted by Gasteiger charge is 2.55. The topological polar surface area (TPSA) is 89.9 Å². The monoisotopic (exact) mass is 318 g/mol. The first-order valence-corrected chi connectivity index (χ1v) is 7.58. The Morgan fingerprint density at radius 2 is 1.91 bits per heavy atom. The minimum atomic E-state index is -0.955. The first-order chi connectivity index (χ1) is 11.0. The Hall–Kier alpha value is -2.05. The van der Waals surface area contributed by atoms with Crippen molar-refractivity contribution in [3.05, 3.63) is 29.3 Å². The van der Waals surface area contributed by atoms with Gasteiger partial charge in [0.25, 0.3) is 0 Å². The Labute approximate surface area is 133 Å². The van der Waals surface area contributed by atoms with Crippen LogP contribution in [0.1, 0.15) is 34.1 Å². The van der Waals surface area contributed by atoms with Gasteiger partial charge in [0, 0.05) is 25.7 Å². The maximum atomic E-state index is 12.9. The van der Waals surface area contributed by atoms with Gasteiger partial charge in [0.2, 0.25) is 0 Å². The minimum absolute atomic E-state index is 0.0210. The second kappa shape index (κ2) is 5.86. The Balaban J connectivity index is 2.16. The van der Waals surface area contributed by atoms with Crippen LogP contribution in [0.25, 0.3) is 0 Å². The number of phenols is 1. The summed E-state index contributed by atoms with van der Waals surface area (Å²) >= 11 is 0. The summed E-state index contributed by atoms with van der Waals surface area (Å²) in [5.41, 5.74) is 0.163. The number of ketones is 3. The smallest absolute Gasteiger partial charge is 0.173 e. The molecule has 2 aliphatic rings. The van der Waals surface area contributed by atoms with Gasteiger partial charge in [0.15, 0.2) is 17.3 Å². The lowest BCUT2D eigenvalue weighted by atomic mass is 9.64. The third-order valence-corrected chi connectivity index (χ3v) is 4.63. The van der Waals surface area contributed by atoms with Gasteiger partial charge in [-0.05, 0) is 13.0 Å². The fourth-order valence-corrected chi connectivity index (χ4v) is 3.70. The van der Waals surface area contributed by atoms with Crippen LogP contribution in [0.2, 0.25) is 0 Å². The van der Waals surface area contributed by atoms with Crippen LogP contribution in [0.5, 0.6) is 5.75 Å². The quantitative estimate of drug-likeness (QED) is 0.906. The largest absolute Gasteiger partial charge is 0.507 e. The van der Waals surface area contributed by atoms with Crippen LogP contribution in [-0.2, 0) is 14.3 Å². The number of carbonyl (C=O) groups is 3. The van der Waals surface area contributed by atoms with E-state index in [2.05, 4.69) is 0 Å². The summed E-state index contributed by atoms with van der Waals surface area (Å²) in [6.07, 6.45) is -1.60. The molecule has 0 bridgehead atoms. The molecule has 0 radical (unpaired) electrons. The summed E-state index contributed by atoms with van der Waals surface area (Å²) in [7, 11) is 1.36. The number of ether oxygens (including phenoxy) is 2. The van der Waals surface area contributed by atoms with Crippen molar-refractivity contribution in [3.63, 3.8) is 0 Å². The van der Waals surface area contributed by atoms with Gasteiger partial charge in [0.1, 0.15) is 11.9 Å². The number of methoxy groups -OCH3 is 1. The zero-order valence-corrected chi connectivity index (χ0v) is 12.9. The zero-order valence-electron chi connectivity index (χ0n) is 12.9. The summed E-state index contributed by atoms with van der Waals surface area (Å²) in [6, 6.07) is 4.38.